The van der Waals surface area contributed by atoms with Crippen LogP contribution in [0.1, 0.15) is 10.4 Å². The molecule has 8 heteroatoms. The number of carbonyl (C=O) groups excluding carboxylic acids is 1. The lowest BCUT2D eigenvalue weighted by molar-refractivity contribution is 0.0994. The number of benzene rings is 2. The maximum Gasteiger partial charge on any atom is 0.283 e. The molecule has 0 aliphatic heterocycles. The summed E-state index contributed by atoms with van der Waals surface area (Å²) < 4.78 is 39.7. The van der Waals surface area contributed by atoms with Crippen molar-refractivity contribution in [1.29, 1.82) is 0 Å². The fourth-order valence-corrected chi connectivity index (χ4v) is 3.60. The van der Waals surface area contributed by atoms with E-state index in [0.29, 0.717) is 22.7 Å². The molecule has 3 aromatic rings. The Bertz CT molecular complexity index is 1030. The van der Waals surface area contributed by atoms with Gasteiger partial charge in [-0.1, -0.05) is 11.3 Å². The molecule has 2 aromatic carbocycles. The Morgan fingerprint density at radius 3 is 2.62 bits per heavy atom. The van der Waals surface area contributed by atoms with Crippen LogP contribution in [0.25, 0.3) is 10.2 Å². The van der Waals surface area contributed by atoms with E-state index >= 15 is 0 Å². The minimum atomic E-state index is -0.639. The van der Waals surface area contributed by atoms with Gasteiger partial charge in [-0.25, -0.2) is 8.78 Å². The van der Waals surface area contributed by atoms with E-state index in [4.69, 9.17) is 9.47 Å². The van der Waals surface area contributed by atoms with E-state index in [-0.39, 0.29) is 17.1 Å². The highest BCUT2D eigenvalue weighted by molar-refractivity contribution is 7.16. The second-order valence-corrected chi connectivity index (χ2v) is 6.41. The SMILES string of the molecule is COCCn1c(=NC(=O)c2cc(F)ccc2OC)sc2cc(F)ccc21. The van der Waals surface area contributed by atoms with Crippen LogP contribution < -0.4 is 9.54 Å². The Hall–Kier alpha value is -2.58. The molecule has 26 heavy (non-hydrogen) atoms. The van der Waals surface area contributed by atoms with Crippen molar-refractivity contribution in [2.24, 2.45) is 4.99 Å². The van der Waals surface area contributed by atoms with Crippen LogP contribution in [-0.2, 0) is 11.3 Å². The van der Waals surface area contributed by atoms with Gasteiger partial charge in [-0.15, -0.1) is 0 Å². The standard InChI is InChI=1S/C18H16F2N2O3S/c1-24-8-7-22-14-5-3-12(20)10-16(14)26-18(22)21-17(23)13-9-11(19)4-6-15(13)25-2/h3-6,9-10H,7-8H2,1-2H3. The zero-order valence-electron chi connectivity index (χ0n) is 14.2. The fourth-order valence-electron chi connectivity index (χ4n) is 2.53. The lowest BCUT2D eigenvalue weighted by Gasteiger charge is -2.06. The average molecular weight is 378 g/mol. The normalized spacial score (nSPS) is 11.9. The molecule has 0 fully saturated rings. The molecule has 0 aliphatic carbocycles. The number of methoxy groups -OCH3 is 2. The van der Waals surface area contributed by atoms with Crippen LogP contribution in [0, 0.1) is 11.6 Å². The van der Waals surface area contributed by atoms with Crippen molar-refractivity contribution in [3.63, 3.8) is 0 Å². The highest BCUT2D eigenvalue weighted by Crippen LogP contribution is 2.21. The van der Waals surface area contributed by atoms with Gasteiger partial charge in [0.25, 0.3) is 5.91 Å². The van der Waals surface area contributed by atoms with Crippen LogP contribution in [0.2, 0.25) is 0 Å². The number of amides is 1. The first kappa shape index (κ1) is 18.2. The lowest BCUT2D eigenvalue weighted by atomic mass is 10.2. The summed E-state index contributed by atoms with van der Waals surface area (Å²) in [7, 11) is 2.96. The topological polar surface area (TPSA) is 52.8 Å². The molecule has 1 aromatic heterocycles. The first-order valence-corrected chi connectivity index (χ1v) is 8.55. The second-order valence-electron chi connectivity index (χ2n) is 5.40. The third-order valence-corrected chi connectivity index (χ3v) is 4.79. The van der Waals surface area contributed by atoms with Gasteiger partial charge in [0.1, 0.15) is 17.4 Å². The summed E-state index contributed by atoms with van der Waals surface area (Å²) in [6.45, 7) is 0.836. The van der Waals surface area contributed by atoms with Gasteiger partial charge >= 0.3 is 0 Å². The van der Waals surface area contributed by atoms with Crippen molar-refractivity contribution in [1.82, 2.24) is 4.57 Å². The second kappa shape index (κ2) is 7.76. The van der Waals surface area contributed by atoms with E-state index in [9.17, 15) is 13.6 Å². The van der Waals surface area contributed by atoms with Gasteiger partial charge in [0.2, 0.25) is 0 Å². The van der Waals surface area contributed by atoms with Crippen LogP contribution in [0.4, 0.5) is 8.78 Å². The molecular weight excluding hydrogens is 362 g/mol. The molecule has 0 bridgehead atoms. The van der Waals surface area contributed by atoms with E-state index < -0.39 is 11.7 Å². The molecule has 136 valence electrons. The van der Waals surface area contributed by atoms with E-state index in [1.165, 1.54) is 42.7 Å². The minimum Gasteiger partial charge on any atom is -0.496 e. The molecule has 0 saturated heterocycles. The van der Waals surface area contributed by atoms with Crippen LogP contribution in [0.3, 0.4) is 0 Å². The first-order valence-electron chi connectivity index (χ1n) is 7.74. The number of nitrogens with zero attached hydrogens (tertiary/aromatic N) is 2. The molecule has 1 amide bonds. The number of ether oxygens (including phenoxy) is 2. The maximum absolute atomic E-state index is 13.5. The van der Waals surface area contributed by atoms with Crippen molar-refractivity contribution >= 4 is 27.5 Å². The van der Waals surface area contributed by atoms with E-state index in [1.807, 2.05) is 0 Å². The molecule has 0 aliphatic rings. The smallest absolute Gasteiger partial charge is 0.283 e. The molecule has 1 heterocycles. The number of rotatable bonds is 5. The molecule has 0 N–H and O–H groups in total. The molecule has 0 unspecified atom stereocenters. The highest BCUT2D eigenvalue weighted by atomic mass is 32.1. The van der Waals surface area contributed by atoms with Gasteiger partial charge in [0, 0.05) is 13.7 Å². The largest absolute Gasteiger partial charge is 0.496 e. The quantitative estimate of drug-likeness (QED) is 0.684. The Labute approximate surface area is 152 Å². The van der Waals surface area contributed by atoms with Gasteiger partial charge < -0.3 is 14.0 Å². The van der Waals surface area contributed by atoms with Crippen LogP contribution in [-0.4, -0.2) is 31.3 Å². The number of aromatic nitrogens is 1. The predicted octanol–water partition coefficient (Wildman–Crippen LogP) is 3.38. The fraction of sp³-hybridized carbons (Fsp3) is 0.222. The first-order chi connectivity index (χ1) is 12.5. The Morgan fingerprint density at radius 2 is 1.88 bits per heavy atom. The Kier molecular flexibility index (Phi) is 5.43. The number of halogens is 2. The van der Waals surface area contributed by atoms with Crippen molar-refractivity contribution in [2.45, 2.75) is 6.54 Å². The molecule has 0 atom stereocenters. The minimum absolute atomic E-state index is 0.0226. The Balaban J connectivity index is 2.14. The summed E-state index contributed by atoms with van der Waals surface area (Å²) in [5.74, 6) is -1.34. The summed E-state index contributed by atoms with van der Waals surface area (Å²) in [6, 6.07) is 8.02. The average Bonchev–Trinajstić information content (AvgIpc) is 2.95. The van der Waals surface area contributed by atoms with Crippen molar-refractivity contribution in [2.75, 3.05) is 20.8 Å². The Morgan fingerprint density at radius 1 is 1.15 bits per heavy atom. The maximum atomic E-state index is 13.5. The summed E-state index contributed by atoms with van der Waals surface area (Å²) >= 11 is 1.17. The number of fused-ring (bicyclic) bond motifs is 1. The number of thiazole rings is 1. The zero-order chi connectivity index (χ0) is 18.7. The molecule has 5 nitrogen and oxygen atoms in total. The molecular formula is C18H16F2N2O3S. The number of hydrogen-bond donors (Lipinski definition) is 0. The van der Waals surface area contributed by atoms with Gasteiger partial charge in [0.15, 0.2) is 4.80 Å². The van der Waals surface area contributed by atoms with Gasteiger partial charge in [-0.2, -0.15) is 4.99 Å². The molecule has 0 spiro atoms. The van der Waals surface area contributed by atoms with Crippen LogP contribution in [0.5, 0.6) is 5.75 Å². The third-order valence-electron chi connectivity index (χ3n) is 3.75. The van der Waals surface area contributed by atoms with Gasteiger partial charge in [-0.05, 0) is 36.4 Å². The van der Waals surface area contributed by atoms with Crippen LogP contribution in [0.15, 0.2) is 41.4 Å². The highest BCUT2D eigenvalue weighted by Gasteiger charge is 2.14. The monoisotopic (exact) mass is 378 g/mol. The van der Waals surface area contributed by atoms with E-state index in [0.717, 1.165) is 11.6 Å². The number of hydrogen-bond acceptors (Lipinski definition) is 4. The summed E-state index contributed by atoms with van der Waals surface area (Å²) in [5.41, 5.74) is 0.764. The predicted molar refractivity (Wildman–Crippen MR) is 94.5 cm³/mol. The molecule has 0 saturated carbocycles. The van der Waals surface area contributed by atoms with Crippen molar-refractivity contribution in [3.05, 3.63) is 58.4 Å². The van der Waals surface area contributed by atoms with Gasteiger partial charge in [0.05, 0.1) is 29.5 Å². The van der Waals surface area contributed by atoms with Crippen molar-refractivity contribution in [3.8, 4) is 5.75 Å². The zero-order valence-corrected chi connectivity index (χ0v) is 15.0. The van der Waals surface area contributed by atoms with Crippen molar-refractivity contribution < 1.29 is 23.0 Å². The summed E-state index contributed by atoms with van der Waals surface area (Å²) in [6.07, 6.45) is 0. The lowest BCUT2D eigenvalue weighted by Crippen LogP contribution is -2.19. The van der Waals surface area contributed by atoms with E-state index in [1.54, 1.807) is 17.7 Å². The van der Waals surface area contributed by atoms with E-state index in [2.05, 4.69) is 4.99 Å². The summed E-state index contributed by atoms with van der Waals surface area (Å²) in [4.78, 5) is 17.1. The molecule has 0 radical (unpaired) electrons. The number of carbonyl (C=O) groups is 1. The van der Waals surface area contributed by atoms with Crippen LogP contribution >= 0.6 is 11.3 Å². The third kappa shape index (κ3) is 3.66. The summed E-state index contributed by atoms with van der Waals surface area (Å²) in [5, 5.41) is 0. The van der Waals surface area contributed by atoms with Gasteiger partial charge in [-0.3, -0.25) is 4.79 Å². The molecule has 3 rings (SSSR count).